The quantitative estimate of drug-likeness (QED) is 0.0513. The van der Waals surface area contributed by atoms with E-state index in [1.165, 1.54) is 4.90 Å². The standard InChI is InChI=1S/C37H60N8O8S2/c1-5-22(4)30(37(52)53)44-35(50)29(21(2)3)43-34(49)28-15-11-17-45(28)36(51)25(18-23-12-7-6-8-13-23)40-32(47)27(20-55)42-33(48)26(19-54)41-31(46)24(39)14-9-10-16-38/h6-8,12-13,21-22,24-30,54-55H,5,9-11,14-20,38-39H2,1-4H3,(H,40,47)(H,41,46)(H,42,48)(H,43,49)(H,44,50)(H,52,53)/t22-,24-,25-,26-,27-,28-,29-,30-/m0/s1. The Bertz CT molecular complexity index is 1460. The van der Waals surface area contributed by atoms with Gasteiger partial charge in [-0.3, -0.25) is 28.8 Å². The van der Waals surface area contributed by atoms with Gasteiger partial charge in [-0.15, -0.1) is 0 Å². The van der Waals surface area contributed by atoms with Crippen LogP contribution in [0, 0.1) is 11.8 Å². The Morgan fingerprint density at radius 1 is 0.818 bits per heavy atom. The first-order chi connectivity index (χ1) is 26.1. The zero-order chi connectivity index (χ0) is 41.2. The number of nitrogens with two attached hydrogens (primary N) is 2. The lowest BCUT2D eigenvalue weighted by Gasteiger charge is -2.32. The van der Waals surface area contributed by atoms with Gasteiger partial charge in [-0.1, -0.05) is 70.9 Å². The van der Waals surface area contributed by atoms with Gasteiger partial charge >= 0.3 is 5.97 Å². The molecule has 1 aliphatic heterocycles. The normalized spacial score (nSPS) is 17.8. The average molecular weight is 809 g/mol. The molecule has 0 radical (unpaired) electrons. The van der Waals surface area contributed by atoms with Crippen molar-refractivity contribution >= 4 is 66.7 Å². The number of amides is 6. The number of thiol groups is 2. The van der Waals surface area contributed by atoms with E-state index in [9.17, 15) is 38.7 Å². The molecule has 0 saturated carbocycles. The van der Waals surface area contributed by atoms with Crippen LogP contribution < -0.4 is 38.1 Å². The summed E-state index contributed by atoms with van der Waals surface area (Å²) in [7, 11) is 0. The predicted octanol–water partition coefficient (Wildman–Crippen LogP) is -0.253. The molecule has 1 heterocycles. The van der Waals surface area contributed by atoms with Crippen LogP contribution in [0.5, 0.6) is 0 Å². The van der Waals surface area contributed by atoms with E-state index in [2.05, 4.69) is 51.8 Å². The molecule has 308 valence electrons. The number of likely N-dealkylation sites (tertiary alicyclic amines) is 1. The van der Waals surface area contributed by atoms with Crippen LogP contribution in [0.25, 0.3) is 0 Å². The number of nitrogens with one attached hydrogen (secondary N) is 5. The molecule has 1 aromatic carbocycles. The second kappa shape index (κ2) is 23.9. The average Bonchev–Trinajstić information content (AvgIpc) is 3.66. The maximum Gasteiger partial charge on any atom is 0.326 e. The number of aliphatic carboxylic acids is 1. The molecule has 16 nitrogen and oxygen atoms in total. The van der Waals surface area contributed by atoms with Crippen molar-refractivity contribution in [1.29, 1.82) is 0 Å². The van der Waals surface area contributed by atoms with Gasteiger partial charge in [0.2, 0.25) is 35.4 Å². The molecule has 1 saturated heterocycles. The number of hydrogen-bond acceptors (Lipinski definition) is 11. The van der Waals surface area contributed by atoms with Crippen molar-refractivity contribution < 1.29 is 38.7 Å². The first-order valence-electron chi connectivity index (χ1n) is 18.9. The van der Waals surface area contributed by atoms with Crippen LogP contribution in [-0.4, -0.2) is 118 Å². The number of carbonyl (C=O) groups is 7. The summed E-state index contributed by atoms with van der Waals surface area (Å²) in [5.74, 6) is -5.92. The third-order valence-corrected chi connectivity index (χ3v) is 10.4. The molecule has 1 aromatic rings. The molecular weight excluding hydrogens is 749 g/mol. The number of unbranched alkanes of at least 4 members (excludes halogenated alkanes) is 1. The van der Waals surface area contributed by atoms with Crippen molar-refractivity contribution in [3.8, 4) is 0 Å². The van der Waals surface area contributed by atoms with E-state index in [1.54, 1.807) is 51.1 Å². The van der Waals surface area contributed by atoms with Gasteiger partial charge in [0.05, 0.1) is 6.04 Å². The summed E-state index contributed by atoms with van der Waals surface area (Å²) in [6.45, 7) is 7.63. The summed E-state index contributed by atoms with van der Waals surface area (Å²) in [5.41, 5.74) is 12.2. The Labute approximate surface area is 334 Å². The van der Waals surface area contributed by atoms with Crippen LogP contribution in [0.3, 0.4) is 0 Å². The Kier molecular flexibility index (Phi) is 20.6. The van der Waals surface area contributed by atoms with Gasteiger partial charge in [-0.05, 0) is 49.6 Å². The summed E-state index contributed by atoms with van der Waals surface area (Å²) < 4.78 is 0. The van der Waals surface area contributed by atoms with Crippen LogP contribution in [0.15, 0.2) is 30.3 Å². The molecule has 0 bridgehead atoms. The van der Waals surface area contributed by atoms with E-state index < -0.39 is 89.6 Å². The number of carboxylic acid groups (broad SMARTS) is 1. The zero-order valence-electron chi connectivity index (χ0n) is 32.2. The number of rotatable bonds is 23. The molecule has 1 fully saturated rings. The molecule has 0 spiro atoms. The second-order valence-corrected chi connectivity index (χ2v) is 15.0. The van der Waals surface area contributed by atoms with E-state index in [4.69, 9.17) is 11.5 Å². The smallest absolute Gasteiger partial charge is 0.326 e. The third kappa shape index (κ3) is 14.6. The van der Waals surface area contributed by atoms with Gasteiger partial charge < -0.3 is 48.1 Å². The van der Waals surface area contributed by atoms with Crippen LogP contribution in [0.1, 0.15) is 71.8 Å². The van der Waals surface area contributed by atoms with Gasteiger partial charge in [-0.2, -0.15) is 25.3 Å². The van der Waals surface area contributed by atoms with Gasteiger partial charge in [0.25, 0.3) is 0 Å². The van der Waals surface area contributed by atoms with Crippen molar-refractivity contribution in [3.05, 3.63) is 35.9 Å². The zero-order valence-corrected chi connectivity index (χ0v) is 34.0. The molecular formula is C37H60N8O8S2. The summed E-state index contributed by atoms with van der Waals surface area (Å²) in [6.07, 6.45) is 3.05. The van der Waals surface area contributed by atoms with Crippen LogP contribution in [0.4, 0.5) is 0 Å². The maximum absolute atomic E-state index is 14.3. The highest BCUT2D eigenvalue weighted by Crippen LogP contribution is 2.21. The first-order valence-corrected chi connectivity index (χ1v) is 20.1. The fraction of sp³-hybridized carbons (Fsp3) is 0.649. The lowest BCUT2D eigenvalue weighted by atomic mass is 9.97. The fourth-order valence-corrected chi connectivity index (χ4v) is 6.63. The lowest BCUT2D eigenvalue weighted by Crippen LogP contribution is -2.61. The molecule has 1 aliphatic rings. The van der Waals surface area contributed by atoms with Crippen molar-refractivity contribution in [2.45, 2.75) is 115 Å². The molecule has 6 amide bonds. The molecule has 10 N–H and O–H groups in total. The molecule has 0 unspecified atom stereocenters. The van der Waals surface area contributed by atoms with Crippen LogP contribution in [0.2, 0.25) is 0 Å². The minimum Gasteiger partial charge on any atom is -0.480 e. The number of carbonyl (C=O) groups excluding carboxylic acids is 6. The van der Waals surface area contributed by atoms with Crippen molar-refractivity contribution in [3.63, 3.8) is 0 Å². The Morgan fingerprint density at radius 2 is 1.40 bits per heavy atom. The summed E-state index contributed by atoms with van der Waals surface area (Å²) in [6, 6.07) is 1.40. The van der Waals surface area contributed by atoms with Crippen LogP contribution in [-0.2, 0) is 40.0 Å². The Hall–Kier alpha value is -3.87. The molecule has 0 aliphatic carbocycles. The Balaban J connectivity index is 2.25. The van der Waals surface area contributed by atoms with Gasteiger partial charge in [-0.25, -0.2) is 4.79 Å². The largest absolute Gasteiger partial charge is 0.480 e. The number of carboxylic acids is 1. The summed E-state index contributed by atoms with van der Waals surface area (Å²) in [4.78, 5) is 94.1. The second-order valence-electron chi connectivity index (χ2n) is 14.3. The predicted molar refractivity (Wildman–Crippen MR) is 215 cm³/mol. The van der Waals surface area contributed by atoms with E-state index in [0.29, 0.717) is 45.1 Å². The van der Waals surface area contributed by atoms with Crippen molar-refractivity contribution in [1.82, 2.24) is 31.5 Å². The molecule has 2 rings (SSSR count). The summed E-state index contributed by atoms with van der Waals surface area (Å²) >= 11 is 8.46. The molecule has 8 atom stereocenters. The van der Waals surface area contributed by atoms with E-state index in [-0.39, 0.29) is 30.4 Å². The highest BCUT2D eigenvalue weighted by Gasteiger charge is 2.40. The first kappa shape index (κ1) is 47.3. The van der Waals surface area contributed by atoms with Gasteiger partial charge in [0.1, 0.15) is 36.3 Å². The van der Waals surface area contributed by atoms with E-state index in [1.807, 2.05) is 6.92 Å². The third-order valence-electron chi connectivity index (χ3n) is 9.70. The highest BCUT2D eigenvalue weighted by molar-refractivity contribution is 7.80. The minimum absolute atomic E-state index is 0.0596. The Morgan fingerprint density at radius 3 is 1.93 bits per heavy atom. The molecule has 18 heteroatoms. The monoisotopic (exact) mass is 808 g/mol. The van der Waals surface area contributed by atoms with Gasteiger partial charge in [0, 0.05) is 24.5 Å². The van der Waals surface area contributed by atoms with Crippen LogP contribution >= 0.6 is 25.3 Å². The number of nitrogens with zero attached hydrogens (tertiary/aromatic N) is 1. The number of hydrogen-bond donors (Lipinski definition) is 10. The van der Waals surface area contributed by atoms with Crippen molar-refractivity contribution in [2.75, 3.05) is 24.6 Å². The number of benzene rings is 1. The molecule has 0 aromatic heterocycles. The minimum atomic E-state index is -1.22. The topological polar surface area (TPSA) is 255 Å². The highest BCUT2D eigenvalue weighted by atomic mass is 32.1. The fourth-order valence-electron chi connectivity index (χ4n) is 6.11. The van der Waals surface area contributed by atoms with Crippen molar-refractivity contribution in [2.24, 2.45) is 23.3 Å². The SMILES string of the molecule is CC[C@H](C)[C@H](NC(=O)[C@@H](NC(=O)[C@@H]1CCCN1C(=O)[C@H](Cc1ccccc1)NC(=O)[C@H](CS)NC(=O)[C@H](CS)NC(=O)[C@@H](N)CCCCN)C(C)C)C(=O)O. The lowest BCUT2D eigenvalue weighted by molar-refractivity contribution is -0.145. The van der Waals surface area contributed by atoms with E-state index >= 15 is 0 Å². The van der Waals surface area contributed by atoms with E-state index in [0.717, 1.165) is 5.56 Å². The van der Waals surface area contributed by atoms with Gasteiger partial charge in [0.15, 0.2) is 0 Å². The summed E-state index contributed by atoms with van der Waals surface area (Å²) in [5, 5.41) is 22.9. The maximum atomic E-state index is 14.3. The molecule has 55 heavy (non-hydrogen) atoms.